The van der Waals surface area contributed by atoms with Crippen LogP contribution in [0.1, 0.15) is 21.6 Å². The molecule has 168 valence electrons. The normalized spacial score (nSPS) is 13.6. The highest BCUT2D eigenvalue weighted by Crippen LogP contribution is 2.32. The Morgan fingerprint density at radius 2 is 1.88 bits per heavy atom. The van der Waals surface area contributed by atoms with E-state index in [9.17, 15) is 4.79 Å². The molecule has 0 aliphatic carbocycles. The second-order valence-electron chi connectivity index (χ2n) is 8.46. The molecule has 0 radical (unpaired) electrons. The Bertz CT molecular complexity index is 1440. The third-order valence-electron chi connectivity index (χ3n) is 6.30. The zero-order chi connectivity index (χ0) is 22.9. The number of fused-ring (bicyclic) bond motifs is 2. The van der Waals surface area contributed by atoms with E-state index in [0.717, 1.165) is 33.6 Å². The van der Waals surface area contributed by atoms with Crippen molar-refractivity contribution in [3.05, 3.63) is 96.1 Å². The number of carbonyl (C=O) groups is 1. The van der Waals surface area contributed by atoms with Crippen molar-refractivity contribution >= 4 is 22.6 Å². The Hall–Kier alpha value is -4.46. The summed E-state index contributed by atoms with van der Waals surface area (Å²) in [5.41, 5.74) is 7.62. The molecule has 3 heterocycles. The van der Waals surface area contributed by atoms with Crippen LogP contribution in [-0.4, -0.2) is 49.3 Å². The van der Waals surface area contributed by atoms with E-state index < -0.39 is 0 Å². The van der Waals surface area contributed by atoms with Gasteiger partial charge in [-0.25, -0.2) is 4.98 Å². The molecular formula is C26H23N7O. The molecule has 8 heteroatoms. The number of hydrogen-bond acceptors (Lipinski definition) is 5. The molecule has 5 aromatic rings. The first-order valence-electron chi connectivity index (χ1n) is 11.3. The lowest BCUT2D eigenvalue weighted by molar-refractivity contribution is 0.0751. The molecular weight excluding hydrogens is 426 g/mol. The largest absolute Gasteiger partial charge is 0.364 e. The Morgan fingerprint density at radius 3 is 2.74 bits per heavy atom. The summed E-state index contributed by atoms with van der Waals surface area (Å²) < 4.78 is 0. The third kappa shape index (κ3) is 3.79. The first-order chi connectivity index (χ1) is 16.7. The Morgan fingerprint density at radius 1 is 0.971 bits per heavy atom. The number of anilines is 1. The summed E-state index contributed by atoms with van der Waals surface area (Å²) in [4.78, 5) is 25.2. The van der Waals surface area contributed by atoms with Crippen molar-refractivity contribution in [1.82, 2.24) is 30.3 Å². The van der Waals surface area contributed by atoms with Crippen LogP contribution in [0, 0.1) is 0 Å². The maximum absolute atomic E-state index is 13.5. The van der Waals surface area contributed by atoms with Crippen molar-refractivity contribution in [1.29, 1.82) is 0 Å². The van der Waals surface area contributed by atoms with E-state index in [1.54, 1.807) is 12.4 Å². The van der Waals surface area contributed by atoms with E-state index in [4.69, 9.17) is 0 Å². The second-order valence-corrected chi connectivity index (χ2v) is 8.46. The number of aromatic nitrogens is 5. The number of carbonyl (C=O) groups excluding carboxylic acids is 1. The second kappa shape index (κ2) is 8.47. The molecule has 1 aliphatic rings. The van der Waals surface area contributed by atoms with Gasteiger partial charge in [0.2, 0.25) is 0 Å². The topological polar surface area (TPSA) is 93.8 Å². The summed E-state index contributed by atoms with van der Waals surface area (Å²) in [5.74, 6) is -0.0115. The van der Waals surface area contributed by atoms with E-state index in [2.05, 4.69) is 60.6 Å². The number of hydrogen-bond donors (Lipinski definition) is 2. The van der Waals surface area contributed by atoms with Gasteiger partial charge >= 0.3 is 0 Å². The molecule has 0 fully saturated rings. The average molecular weight is 450 g/mol. The highest BCUT2D eigenvalue weighted by Gasteiger charge is 2.25. The monoisotopic (exact) mass is 449 g/mol. The molecule has 3 aromatic carbocycles. The predicted molar refractivity (Wildman–Crippen MR) is 130 cm³/mol. The molecule has 8 nitrogen and oxygen atoms in total. The van der Waals surface area contributed by atoms with Crippen molar-refractivity contribution in [2.75, 3.05) is 18.0 Å². The molecule has 0 bridgehead atoms. The summed E-state index contributed by atoms with van der Waals surface area (Å²) in [6, 6.07) is 22.3. The zero-order valence-electron chi connectivity index (χ0n) is 18.5. The third-order valence-corrected chi connectivity index (χ3v) is 6.30. The molecule has 0 spiro atoms. The van der Waals surface area contributed by atoms with Gasteiger partial charge in [0, 0.05) is 37.1 Å². The van der Waals surface area contributed by atoms with Crippen molar-refractivity contribution in [3.63, 3.8) is 0 Å². The first kappa shape index (κ1) is 20.2. The van der Waals surface area contributed by atoms with Gasteiger partial charge in [0.1, 0.15) is 5.52 Å². The van der Waals surface area contributed by atoms with E-state index in [1.165, 1.54) is 0 Å². The molecule has 0 atom stereocenters. The Labute approximate surface area is 196 Å². The van der Waals surface area contributed by atoms with E-state index >= 15 is 0 Å². The highest BCUT2D eigenvalue weighted by atomic mass is 16.2. The standard InChI is InChI=1S/C26H23N7O/c34-26(20-6-8-23-24(13-20)30-31-29-23)33-11-10-32(16-22-14-27-17-28-22)25-9-7-19(12-21(25)15-33)18-4-2-1-3-5-18/h1-9,12-14,17H,10-11,15-16H2,(H,27,28)(H,29,30,31). The first-order valence-corrected chi connectivity index (χ1v) is 11.3. The number of H-pyrrole nitrogens is 2. The smallest absolute Gasteiger partial charge is 0.254 e. The molecule has 1 aliphatic heterocycles. The minimum Gasteiger partial charge on any atom is -0.364 e. The molecule has 0 unspecified atom stereocenters. The van der Waals surface area contributed by atoms with Crippen LogP contribution in [0.4, 0.5) is 5.69 Å². The van der Waals surface area contributed by atoms with Crippen LogP contribution in [-0.2, 0) is 13.1 Å². The van der Waals surface area contributed by atoms with Crippen LogP contribution in [0.2, 0.25) is 0 Å². The van der Waals surface area contributed by atoms with Crippen molar-refractivity contribution in [2.24, 2.45) is 0 Å². The van der Waals surface area contributed by atoms with Crippen LogP contribution in [0.3, 0.4) is 0 Å². The van der Waals surface area contributed by atoms with Gasteiger partial charge < -0.3 is 14.8 Å². The Balaban J connectivity index is 1.36. The highest BCUT2D eigenvalue weighted by molar-refractivity contribution is 5.97. The molecule has 2 N–H and O–H groups in total. The zero-order valence-corrected chi connectivity index (χ0v) is 18.5. The van der Waals surface area contributed by atoms with Crippen LogP contribution in [0.25, 0.3) is 22.2 Å². The van der Waals surface area contributed by atoms with Gasteiger partial charge in [-0.15, -0.1) is 5.10 Å². The lowest BCUT2D eigenvalue weighted by Crippen LogP contribution is -2.35. The average Bonchev–Trinajstić information content (AvgIpc) is 3.54. The summed E-state index contributed by atoms with van der Waals surface area (Å²) in [6.07, 6.45) is 3.61. The molecule has 6 rings (SSSR count). The minimum absolute atomic E-state index is 0.0115. The summed E-state index contributed by atoms with van der Waals surface area (Å²) >= 11 is 0. The van der Waals surface area contributed by atoms with E-state index in [-0.39, 0.29) is 5.91 Å². The maximum Gasteiger partial charge on any atom is 0.254 e. The number of nitrogens with zero attached hydrogens (tertiary/aromatic N) is 5. The van der Waals surface area contributed by atoms with Crippen molar-refractivity contribution in [3.8, 4) is 11.1 Å². The SMILES string of the molecule is O=C(c1ccc2[nH]nnc2c1)N1CCN(Cc2c[nH]cn2)c2ccc(-c3ccccc3)cc2C1. The van der Waals surface area contributed by atoms with Crippen LogP contribution >= 0.6 is 0 Å². The number of nitrogens with one attached hydrogen (secondary N) is 2. The predicted octanol–water partition coefficient (Wildman–Crippen LogP) is 4.01. The number of aromatic amines is 2. The minimum atomic E-state index is -0.0115. The quantitative estimate of drug-likeness (QED) is 0.432. The molecule has 0 saturated heterocycles. The molecule has 0 saturated carbocycles. The fraction of sp³-hybridized carbons (Fsp3) is 0.154. The van der Waals surface area contributed by atoms with Gasteiger partial charge in [0.15, 0.2) is 0 Å². The van der Waals surface area contributed by atoms with Crippen LogP contribution in [0.5, 0.6) is 0 Å². The fourth-order valence-electron chi connectivity index (χ4n) is 4.55. The summed E-state index contributed by atoms with van der Waals surface area (Å²) in [7, 11) is 0. The summed E-state index contributed by atoms with van der Waals surface area (Å²) in [6.45, 7) is 2.52. The fourth-order valence-corrected chi connectivity index (χ4v) is 4.55. The number of amides is 1. The van der Waals surface area contributed by atoms with Gasteiger partial charge in [-0.2, -0.15) is 0 Å². The number of imidazole rings is 1. The number of benzene rings is 3. The van der Waals surface area contributed by atoms with Gasteiger partial charge in [-0.05, 0) is 47.0 Å². The van der Waals surface area contributed by atoms with Crippen molar-refractivity contribution in [2.45, 2.75) is 13.1 Å². The lowest BCUT2D eigenvalue weighted by atomic mass is 10.0. The van der Waals surface area contributed by atoms with Gasteiger partial charge in [0.05, 0.1) is 24.1 Å². The molecule has 34 heavy (non-hydrogen) atoms. The molecule has 1 amide bonds. The Kier molecular flexibility index (Phi) is 5.03. The van der Waals surface area contributed by atoms with Gasteiger partial charge in [-0.3, -0.25) is 9.89 Å². The maximum atomic E-state index is 13.5. The van der Waals surface area contributed by atoms with E-state index in [1.807, 2.05) is 41.4 Å². The van der Waals surface area contributed by atoms with E-state index in [0.29, 0.717) is 37.3 Å². The summed E-state index contributed by atoms with van der Waals surface area (Å²) in [5, 5.41) is 10.7. The van der Waals surface area contributed by atoms with Crippen molar-refractivity contribution < 1.29 is 4.79 Å². The lowest BCUT2D eigenvalue weighted by Gasteiger charge is -2.24. The van der Waals surface area contributed by atoms with Crippen LogP contribution < -0.4 is 4.90 Å². The van der Waals surface area contributed by atoms with Gasteiger partial charge in [0.25, 0.3) is 5.91 Å². The molecule has 2 aromatic heterocycles. The number of rotatable bonds is 4. The van der Waals surface area contributed by atoms with Crippen LogP contribution in [0.15, 0.2) is 79.3 Å². The van der Waals surface area contributed by atoms with Gasteiger partial charge in [-0.1, -0.05) is 41.6 Å².